The summed E-state index contributed by atoms with van der Waals surface area (Å²) in [5.41, 5.74) is 0. The molecule has 54 valence electrons. The summed E-state index contributed by atoms with van der Waals surface area (Å²) in [7, 11) is 0. The molecule has 0 bridgehead atoms. The van der Waals surface area contributed by atoms with Gasteiger partial charge in [0.2, 0.25) is 0 Å². The third-order valence-corrected chi connectivity index (χ3v) is 1.24. The van der Waals surface area contributed by atoms with Gasteiger partial charge in [0.15, 0.2) is 0 Å². The highest BCUT2D eigenvalue weighted by Gasteiger charge is 1.69. The van der Waals surface area contributed by atoms with Gasteiger partial charge in [-0.2, -0.15) is 0 Å². The summed E-state index contributed by atoms with van der Waals surface area (Å²) in [6.07, 6.45) is 7.60. The Morgan fingerprint density at radius 2 is 2.30 bits per heavy atom. The van der Waals surface area contributed by atoms with E-state index in [2.05, 4.69) is 34.3 Å². The molecule has 0 aliphatic carbocycles. The summed E-state index contributed by atoms with van der Waals surface area (Å²) in [5.74, 6) is 5.90. The number of hydrogen-bond acceptors (Lipinski definition) is 0. The van der Waals surface area contributed by atoms with Crippen LogP contribution in [0.1, 0.15) is 12.8 Å². The zero-order valence-corrected chi connectivity index (χ0v) is 7.52. The van der Waals surface area contributed by atoms with Crippen LogP contribution in [0.15, 0.2) is 24.8 Å². The van der Waals surface area contributed by atoms with Gasteiger partial charge in [0.05, 0.1) is 0 Å². The summed E-state index contributed by atoms with van der Waals surface area (Å²) in [6, 6.07) is 0. The molecule has 1 heteroatoms. The van der Waals surface area contributed by atoms with Crippen LogP contribution in [-0.4, -0.2) is 5.33 Å². The second-order valence-corrected chi connectivity index (χ2v) is 2.35. The first-order valence-electron chi connectivity index (χ1n) is 3.22. The quantitative estimate of drug-likeness (QED) is 0.283. The van der Waals surface area contributed by atoms with Crippen molar-refractivity contribution in [2.24, 2.45) is 0 Å². The molecule has 0 saturated heterocycles. The summed E-state index contributed by atoms with van der Waals surface area (Å²) in [6.45, 7) is 3.60. The molecular weight excluding hydrogens is 188 g/mol. The maximum Gasteiger partial charge on any atom is 0.0221 e. The van der Waals surface area contributed by atoms with E-state index in [1.54, 1.807) is 0 Å². The number of rotatable bonds is 3. The molecule has 0 fully saturated rings. The first-order chi connectivity index (χ1) is 4.91. The Balaban J connectivity index is 3.30. The van der Waals surface area contributed by atoms with Crippen LogP contribution in [0.3, 0.4) is 0 Å². The van der Waals surface area contributed by atoms with Crippen LogP contribution in [-0.2, 0) is 0 Å². The molecule has 0 rings (SSSR count). The van der Waals surface area contributed by atoms with Crippen LogP contribution in [0.4, 0.5) is 0 Å². The number of unbranched alkanes of at least 4 members (excludes halogenated alkanes) is 1. The monoisotopic (exact) mass is 198 g/mol. The van der Waals surface area contributed by atoms with Crippen LogP contribution in [0.25, 0.3) is 0 Å². The van der Waals surface area contributed by atoms with E-state index in [9.17, 15) is 0 Å². The molecular formula is C9H11Br. The summed E-state index contributed by atoms with van der Waals surface area (Å²) >= 11 is 3.26. The zero-order valence-electron chi connectivity index (χ0n) is 5.94. The SMILES string of the molecule is C=CCCC#C/C=C/CBr. The predicted octanol–water partition coefficient (Wildman–Crippen LogP) is 2.91. The Hall–Kier alpha value is -0.480. The highest BCUT2D eigenvalue weighted by Crippen LogP contribution is 1.85. The molecule has 0 aromatic rings. The molecule has 0 aliphatic heterocycles. The lowest BCUT2D eigenvalue weighted by atomic mass is 10.3. The van der Waals surface area contributed by atoms with Crippen LogP contribution < -0.4 is 0 Å². The standard InChI is InChI=1S/C9H11Br/c1-2-3-4-5-6-7-8-9-10/h2,7-8H,1,3-4,9H2/b8-7+. The molecule has 0 atom stereocenters. The summed E-state index contributed by atoms with van der Waals surface area (Å²) in [5, 5.41) is 0.878. The fourth-order valence-electron chi connectivity index (χ4n) is 0.409. The van der Waals surface area contributed by atoms with E-state index >= 15 is 0 Å². The predicted molar refractivity (Wildman–Crippen MR) is 50.1 cm³/mol. The lowest BCUT2D eigenvalue weighted by Gasteiger charge is -1.76. The first kappa shape index (κ1) is 9.52. The van der Waals surface area contributed by atoms with Gasteiger partial charge in [-0.1, -0.05) is 39.9 Å². The van der Waals surface area contributed by atoms with Crippen LogP contribution in [0.2, 0.25) is 0 Å². The van der Waals surface area contributed by atoms with Crippen molar-refractivity contribution in [3.05, 3.63) is 24.8 Å². The lowest BCUT2D eigenvalue weighted by Crippen LogP contribution is -1.62. The Labute approximate surface area is 71.1 Å². The topological polar surface area (TPSA) is 0 Å². The van der Waals surface area contributed by atoms with Gasteiger partial charge in [0.1, 0.15) is 0 Å². The molecule has 0 aliphatic rings. The van der Waals surface area contributed by atoms with Gasteiger partial charge < -0.3 is 0 Å². The minimum atomic E-state index is 0.878. The number of hydrogen-bond donors (Lipinski definition) is 0. The second kappa shape index (κ2) is 8.52. The molecule has 0 nitrogen and oxygen atoms in total. The van der Waals surface area contributed by atoms with Crippen molar-refractivity contribution in [3.63, 3.8) is 0 Å². The van der Waals surface area contributed by atoms with E-state index in [1.807, 2.05) is 18.2 Å². The van der Waals surface area contributed by atoms with Gasteiger partial charge in [0.25, 0.3) is 0 Å². The van der Waals surface area contributed by atoms with Crippen LogP contribution in [0.5, 0.6) is 0 Å². The third-order valence-electron chi connectivity index (χ3n) is 0.866. The van der Waals surface area contributed by atoms with E-state index in [0.29, 0.717) is 0 Å². The molecule has 0 aromatic carbocycles. The zero-order chi connectivity index (χ0) is 7.66. The fourth-order valence-corrected chi connectivity index (χ4v) is 0.596. The first-order valence-corrected chi connectivity index (χ1v) is 4.34. The van der Waals surface area contributed by atoms with Crippen molar-refractivity contribution in [1.29, 1.82) is 0 Å². The number of halogens is 1. The number of allylic oxidation sites excluding steroid dienone is 3. The van der Waals surface area contributed by atoms with Crippen LogP contribution in [0, 0.1) is 11.8 Å². The molecule has 0 radical (unpaired) electrons. The highest BCUT2D eigenvalue weighted by molar-refractivity contribution is 9.09. The largest absolute Gasteiger partial charge is 0.103 e. The summed E-state index contributed by atoms with van der Waals surface area (Å²) in [4.78, 5) is 0. The average molecular weight is 199 g/mol. The third kappa shape index (κ3) is 7.52. The number of alkyl halides is 1. The Kier molecular flexibility index (Phi) is 8.11. The van der Waals surface area contributed by atoms with Gasteiger partial charge in [-0.3, -0.25) is 0 Å². The smallest absolute Gasteiger partial charge is 0.0221 e. The highest BCUT2D eigenvalue weighted by atomic mass is 79.9. The van der Waals surface area contributed by atoms with Gasteiger partial charge >= 0.3 is 0 Å². The maximum absolute atomic E-state index is 3.60. The molecule has 0 heterocycles. The normalized spacial score (nSPS) is 8.90. The van der Waals surface area contributed by atoms with Gasteiger partial charge in [-0.25, -0.2) is 0 Å². The van der Waals surface area contributed by atoms with E-state index < -0.39 is 0 Å². The van der Waals surface area contributed by atoms with Gasteiger partial charge in [0, 0.05) is 11.8 Å². The van der Waals surface area contributed by atoms with Gasteiger partial charge in [-0.05, 0) is 12.5 Å². The average Bonchev–Trinajstić information content (AvgIpc) is 1.97. The van der Waals surface area contributed by atoms with E-state index in [-0.39, 0.29) is 0 Å². The minimum Gasteiger partial charge on any atom is -0.103 e. The van der Waals surface area contributed by atoms with Crippen molar-refractivity contribution >= 4 is 15.9 Å². The Bertz CT molecular complexity index is 157. The second-order valence-electron chi connectivity index (χ2n) is 1.71. The van der Waals surface area contributed by atoms with Crippen molar-refractivity contribution in [2.45, 2.75) is 12.8 Å². The van der Waals surface area contributed by atoms with E-state index in [4.69, 9.17) is 0 Å². The lowest BCUT2D eigenvalue weighted by molar-refractivity contribution is 1.09. The Morgan fingerprint density at radius 3 is 2.90 bits per heavy atom. The molecule has 0 aromatic heterocycles. The van der Waals surface area contributed by atoms with Crippen LogP contribution >= 0.6 is 15.9 Å². The molecule has 0 saturated carbocycles. The van der Waals surface area contributed by atoms with Gasteiger partial charge in [-0.15, -0.1) is 6.58 Å². The molecule has 0 amide bonds. The van der Waals surface area contributed by atoms with Crippen molar-refractivity contribution in [3.8, 4) is 11.8 Å². The minimum absolute atomic E-state index is 0.878. The fraction of sp³-hybridized carbons (Fsp3) is 0.333. The molecule has 10 heavy (non-hydrogen) atoms. The molecule has 0 unspecified atom stereocenters. The summed E-state index contributed by atoms with van der Waals surface area (Å²) < 4.78 is 0. The van der Waals surface area contributed by atoms with Crippen molar-refractivity contribution in [1.82, 2.24) is 0 Å². The molecule has 0 N–H and O–H groups in total. The van der Waals surface area contributed by atoms with E-state index in [0.717, 1.165) is 18.2 Å². The van der Waals surface area contributed by atoms with Crippen molar-refractivity contribution in [2.75, 3.05) is 5.33 Å². The van der Waals surface area contributed by atoms with E-state index in [1.165, 1.54) is 0 Å². The van der Waals surface area contributed by atoms with Crippen molar-refractivity contribution < 1.29 is 0 Å². The molecule has 0 spiro atoms. The Morgan fingerprint density at radius 1 is 1.50 bits per heavy atom. The maximum atomic E-state index is 3.60.